The summed E-state index contributed by atoms with van der Waals surface area (Å²) < 4.78 is 0. The van der Waals surface area contributed by atoms with Crippen molar-refractivity contribution in [3.8, 4) is 0 Å². The fourth-order valence-electron chi connectivity index (χ4n) is 2.59. The Hall–Kier alpha value is -3.26. The fourth-order valence-corrected chi connectivity index (χ4v) is 3.47. The zero-order valence-electron chi connectivity index (χ0n) is 15.7. The predicted octanol–water partition coefficient (Wildman–Crippen LogP) is 3.03. The Labute approximate surface area is 165 Å². The summed E-state index contributed by atoms with van der Waals surface area (Å²) in [7, 11) is 0. The van der Waals surface area contributed by atoms with Crippen LogP contribution in [0, 0.1) is 0 Å². The number of hydrogen-bond donors (Lipinski definition) is 3. The van der Waals surface area contributed by atoms with Crippen LogP contribution >= 0.6 is 11.3 Å². The van der Waals surface area contributed by atoms with Gasteiger partial charge in [-0.15, -0.1) is 11.3 Å². The molecule has 2 aromatic heterocycles. The number of amides is 2. The lowest BCUT2D eigenvalue weighted by Crippen LogP contribution is -2.16. The molecule has 3 rings (SSSR count). The van der Waals surface area contributed by atoms with Crippen molar-refractivity contribution >= 4 is 45.7 Å². The summed E-state index contributed by atoms with van der Waals surface area (Å²) in [5.74, 6) is -0.979. The number of anilines is 1. The second-order valence-corrected chi connectivity index (χ2v) is 8.36. The molecule has 0 aliphatic heterocycles. The molecule has 0 bridgehead atoms. The van der Waals surface area contributed by atoms with Gasteiger partial charge in [-0.05, 0) is 18.2 Å². The standard InChI is InChI=1S/C20H20N4O3S/c1-20(2,3)19-23-9-12(28-19)5-7-16(25)24-11-4-6-13-14(8-11)18(27)22-10-15(13)17(21)26/h4-10H,1-3H3,(H2,21,26)(H,22,27)(H,24,25)/b7-5+. The van der Waals surface area contributed by atoms with Gasteiger partial charge in [0.15, 0.2) is 0 Å². The molecule has 0 aliphatic carbocycles. The molecule has 0 atom stereocenters. The number of fused-ring (bicyclic) bond motifs is 1. The molecule has 0 saturated carbocycles. The molecule has 0 spiro atoms. The Bertz CT molecular complexity index is 1150. The number of aromatic amines is 1. The average molecular weight is 396 g/mol. The smallest absolute Gasteiger partial charge is 0.255 e. The summed E-state index contributed by atoms with van der Waals surface area (Å²) in [4.78, 5) is 43.5. The van der Waals surface area contributed by atoms with E-state index in [1.54, 1.807) is 24.4 Å². The van der Waals surface area contributed by atoms with E-state index in [0.29, 0.717) is 11.1 Å². The number of thiazole rings is 1. The maximum atomic E-state index is 12.2. The van der Waals surface area contributed by atoms with Crippen LogP contribution in [-0.4, -0.2) is 21.8 Å². The van der Waals surface area contributed by atoms with Gasteiger partial charge in [0.05, 0.1) is 10.6 Å². The lowest BCUT2D eigenvalue weighted by Gasteiger charge is -2.13. The molecule has 144 valence electrons. The number of rotatable bonds is 4. The minimum Gasteiger partial charge on any atom is -0.366 e. The quantitative estimate of drug-likeness (QED) is 0.587. The first-order chi connectivity index (χ1) is 13.1. The van der Waals surface area contributed by atoms with Crippen LogP contribution in [0.25, 0.3) is 16.8 Å². The van der Waals surface area contributed by atoms with Gasteiger partial charge in [-0.3, -0.25) is 14.4 Å². The van der Waals surface area contributed by atoms with E-state index in [1.807, 2.05) is 0 Å². The lowest BCUT2D eigenvalue weighted by molar-refractivity contribution is -0.111. The van der Waals surface area contributed by atoms with Gasteiger partial charge in [-0.25, -0.2) is 4.98 Å². The number of benzene rings is 1. The third-order valence-electron chi connectivity index (χ3n) is 4.00. The summed E-state index contributed by atoms with van der Waals surface area (Å²) in [6.45, 7) is 6.24. The van der Waals surface area contributed by atoms with Gasteiger partial charge in [0, 0.05) is 45.2 Å². The number of nitrogens with zero attached hydrogens (tertiary/aromatic N) is 1. The van der Waals surface area contributed by atoms with E-state index >= 15 is 0 Å². The van der Waals surface area contributed by atoms with Crippen LogP contribution in [0.2, 0.25) is 0 Å². The van der Waals surface area contributed by atoms with Crippen LogP contribution in [0.15, 0.2) is 41.5 Å². The maximum absolute atomic E-state index is 12.2. The molecule has 2 amide bonds. The summed E-state index contributed by atoms with van der Waals surface area (Å²) in [5, 5.41) is 4.41. The van der Waals surface area contributed by atoms with Crippen molar-refractivity contribution in [1.82, 2.24) is 9.97 Å². The normalized spacial score (nSPS) is 11.8. The number of pyridine rings is 1. The van der Waals surface area contributed by atoms with Gasteiger partial charge in [-0.1, -0.05) is 26.8 Å². The number of hydrogen-bond acceptors (Lipinski definition) is 5. The molecular formula is C20H20N4O3S. The number of aromatic nitrogens is 2. The summed E-state index contributed by atoms with van der Waals surface area (Å²) in [6.07, 6.45) is 6.13. The number of carbonyl (C=O) groups excluding carboxylic acids is 2. The van der Waals surface area contributed by atoms with Crippen molar-refractivity contribution in [2.75, 3.05) is 5.32 Å². The van der Waals surface area contributed by atoms with Crippen molar-refractivity contribution in [3.63, 3.8) is 0 Å². The number of H-pyrrole nitrogens is 1. The van der Waals surface area contributed by atoms with Crippen molar-refractivity contribution in [2.24, 2.45) is 5.73 Å². The SMILES string of the molecule is CC(C)(C)c1ncc(/C=C/C(=O)Nc2ccc3c(C(N)=O)c[nH]c(=O)c3c2)s1. The van der Waals surface area contributed by atoms with Crippen molar-refractivity contribution in [2.45, 2.75) is 26.2 Å². The average Bonchev–Trinajstić information content (AvgIpc) is 3.10. The Morgan fingerprint density at radius 3 is 2.64 bits per heavy atom. The predicted molar refractivity (Wildman–Crippen MR) is 112 cm³/mol. The molecule has 0 unspecified atom stereocenters. The van der Waals surface area contributed by atoms with Gasteiger partial charge in [0.25, 0.3) is 11.5 Å². The van der Waals surface area contributed by atoms with Crippen LogP contribution < -0.4 is 16.6 Å². The van der Waals surface area contributed by atoms with Crippen LogP contribution in [0.4, 0.5) is 5.69 Å². The third kappa shape index (κ3) is 4.17. The Morgan fingerprint density at radius 1 is 1.25 bits per heavy atom. The highest BCUT2D eigenvalue weighted by atomic mass is 32.1. The molecule has 28 heavy (non-hydrogen) atoms. The van der Waals surface area contributed by atoms with E-state index in [2.05, 4.69) is 36.1 Å². The Morgan fingerprint density at radius 2 is 2.00 bits per heavy atom. The van der Waals surface area contributed by atoms with Crippen LogP contribution in [-0.2, 0) is 10.2 Å². The van der Waals surface area contributed by atoms with Crippen molar-refractivity contribution < 1.29 is 9.59 Å². The molecule has 0 aliphatic rings. The number of carbonyl (C=O) groups is 2. The molecule has 0 fully saturated rings. The maximum Gasteiger partial charge on any atom is 0.255 e. The molecule has 0 radical (unpaired) electrons. The van der Waals surface area contributed by atoms with Crippen LogP contribution in [0.1, 0.15) is 41.0 Å². The first kappa shape index (κ1) is 19.5. The highest BCUT2D eigenvalue weighted by Gasteiger charge is 2.17. The summed E-state index contributed by atoms with van der Waals surface area (Å²) in [5.41, 5.74) is 5.57. The first-order valence-electron chi connectivity index (χ1n) is 8.56. The van der Waals surface area contributed by atoms with Crippen LogP contribution in [0.5, 0.6) is 0 Å². The highest BCUT2D eigenvalue weighted by Crippen LogP contribution is 2.27. The van der Waals surface area contributed by atoms with Gasteiger partial charge < -0.3 is 16.0 Å². The second kappa shape index (κ2) is 7.40. The van der Waals surface area contributed by atoms with Gasteiger partial charge in [-0.2, -0.15) is 0 Å². The van der Waals surface area contributed by atoms with Gasteiger partial charge in [0.2, 0.25) is 5.91 Å². The number of nitrogens with one attached hydrogen (secondary N) is 2. The lowest BCUT2D eigenvalue weighted by atomic mass is 9.98. The Balaban J connectivity index is 1.80. The molecule has 4 N–H and O–H groups in total. The first-order valence-corrected chi connectivity index (χ1v) is 9.37. The minimum atomic E-state index is -0.639. The minimum absolute atomic E-state index is 0.0407. The number of nitrogens with two attached hydrogens (primary N) is 1. The zero-order valence-corrected chi connectivity index (χ0v) is 16.5. The van der Waals surface area contributed by atoms with E-state index < -0.39 is 5.91 Å². The third-order valence-corrected chi connectivity index (χ3v) is 5.39. The highest BCUT2D eigenvalue weighted by molar-refractivity contribution is 7.12. The van der Waals surface area contributed by atoms with Crippen LogP contribution in [0.3, 0.4) is 0 Å². The Kier molecular flexibility index (Phi) is 5.15. The summed E-state index contributed by atoms with van der Waals surface area (Å²) >= 11 is 1.53. The largest absolute Gasteiger partial charge is 0.366 e. The molecule has 2 heterocycles. The van der Waals surface area contributed by atoms with E-state index in [-0.39, 0.29) is 27.8 Å². The molecule has 3 aromatic rings. The van der Waals surface area contributed by atoms with Gasteiger partial charge >= 0.3 is 0 Å². The molecular weight excluding hydrogens is 376 g/mol. The molecule has 0 saturated heterocycles. The van der Waals surface area contributed by atoms with E-state index in [0.717, 1.165) is 9.88 Å². The molecule has 1 aromatic carbocycles. The summed E-state index contributed by atoms with van der Waals surface area (Å²) in [6, 6.07) is 4.71. The zero-order chi connectivity index (χ0) is 20.5. The monoisotopic (exact) mass is 396 g/mol. The van der Waals surface area contributed by atoms with E-state index in [4.69, 9.17) is 5.73 Å². The topological polar surface area (TPSA) is 118 Å². The molecule has 8 heteroatoms. The van der Waals surface area contributed by atoms with E-state index in [1.165, 1.54) is 29.7 Å². The fraction of sp³-hybridized carbons (Fsp3) is 0.200. The molecule has 7 nitrogen and oxygen atoms in total. The second-order valence-electron chi connectivity index (χ2n) is 7.30. The van der Waals surface area contributed by atoms with Crippen molar-refractivity contribution in [3.05, 3.63) is 62.5 Å². The number of primary amides is 1. The van der Waals surface area contributed by atoms with E-state index in [9.17, 15) is 14.4 Å². The van der Waals surface area contributed by atoms with Crippen molar-refractivity contribution in [1.29, 1.82) is 0 Å². The van der Waals surface area contributed by atoms with Gasteiger partial charge in [0.1, 0.15) is 0 Å².